The molecule has 0 spiro atoms. The number of nitrogens with zero attached hydrogens (tertiary/aromatic N) is 2. The SMILES string of the molecule is CCNC(CCc1nccn1C)c1ccc(C)c(Cl)c1. The molecule has 1 unspecified atom stereocenters. The van der Waals surface area contributed by atoms with Crippen LogP contribution in [0.3, 0.4) is 0 Å². The third kappa shape index (κ3) is 3.62. The van der Waals surface area contributed by atoms with Gasteiger partial charge >= 0.3 is 0 Å². The van der Waals surface area contributed by atoms with E-state index in [-0.39, 0.29) is 0 Å². The lowest BCUT2D eigenvalue weighted by atomic mass is 10.0. The van der Waals surface area contributed by atoms with Crippen LogP contribution in [0.4, 0.5) is 0 Å². The lowest BCUT2D eigenvalue weighted by Crippen LogP contribution is -2.22. The summed E-state index contributed by atoms with van der Waals surface area (Å²) in [5.74, 6) is 1.12. The highest BCUT2D eigenvalue weighted by atomic mass is 35.5. The molecule has 0 radical (unpaired) electrons. The molecule has 1 atom stereocenters. The maximum absolute atomic E-state index is 6.24. The lowest BCUT2D eigenvalue weighted by molar-refractivity contribution is 0.505. The second kappa shape index (κ2) is 6.91. The predicted octanol–water partition coefficient (Wildman–Crippen LogP) is 3.67. The molecule has 0 aliphatic heterocycles. The van der Waals surface area contributed by atoms with E-state index in [0.717, 1.165) is 35.8 Å². The van der Waals surface area contributed by atoms with Gasteiger partial charge in [-0.2, -0.15) is 0 Å². The van der Waals surface area contributed by atoms with E-state index in [2.05, 4.69) is 40.0 Å². The first-order valence-corrected chi connectivity index (χ1v) is 7.45. The monoisotopic (exact) mass is 291 g/mol. The molecule has 4 heteroatoms. The van der Waals surface area contributed by atoms with E-state index >= 15 is 0 Å². The summed E-state index contributed by atoms with van der Waals surface area (Å²) in [6.07, 6.45) is 5.80. The second-order valence-corrected chi connectivity index (χ2v) is 5.52. The number of hydrogen-bond acceptors (Lipinski definition) is 2. The smallest absolute Gasteiger partial charge is 0.108 e. The van der Waals surface area contributed by atoms with Gasteiger partial charge in [-0.05, 0) is 37.1 Å². The highest BCUT2D eigenvalue weighted by molar-refractivity contribution is 6.31. The van der Waals surface area contributed by atoms with E-state index in [1.165, 1.54) is 5.56 Å². The molecule has 0 aliphatic carbocycles. The molecule has 20 heavy (non-hydrogen) atoms. The molecule has 2 rings (SSSR count). The Labute approximate surface area is 126 Å². The number of benzene rings is 1. The molecule has 2 aromatic rings. The Kier molecular flexibility index (Phi) is 5.21. The fourth-order valence-electron chi connectivity index (χ4n) is 2.37. The van der Waals surface area contributed by atoms with Crippen LogP contribution in [-0.4, -0.2) is 16.1 Å². The van der Waals surface area contributed by atoms with Crippen molar-refractivity contribution in [1.82, 2.24) is 14.9 Å². The summed E-state index contributed by atoms with van der Waals surface area (Å²) < 4.78 is 2.07. The third-order valence-electron chi connectivity index (χ3n) is 3.63. The highest BCUT2D eigenvalue weighted by Crippen LogP contribution is 2.24. The van der Waals surface area contributed by atoms with Crippen molar-refractivity contribution in [3.8, 4) is 0 Å². The maximum atomic E-state index is 6.24. The van der Waals surface area contributed by atoms with E-state index < -0.39 is 0 Å². The van der Waals surface area contributed by atoms with Gasteiger partial charge in [-0.1, -0.05) is 30.7 Å². The summed E-state index contributed by atoms with van der Waals surface area (Å²) in [4.78, 5) is 4.38. The fraction of sp³-hybridized carbons (Fsp3) is 0.438. The summed E-state index contributed by atoms with van der Waals surface area (Å²) in [6.45, 7) is 5.10. The zero-order valence-electron chi connectivity index (χ0n) is 12.4. The van der Waals surface area contributed by atoms with Crippen molar-refractivity contribution >= 4 is 11.6 Å². The lowest BCUT2D eigenvalue weighted by Gasteiger charge is -2.19. The van der Waals surface area contributed by atoms with Gasteiger partial charge in [-0.25, -0.2) is 4.98 Å². The van der Waals surface area contributed by atoms with Gasteiger partial charge in [0.1, 0.15) is 5.82 Å². The van der Waals surface area contributed by atoms with Gasteiger partial charge in [0.15, 0.2) is 0 Å². The second-order valence-electron chi connectivity index (χ2n) is 5.11. The van der Waals surface area contributed by atoms with E-state index in [1.807, 2.05) is 26.4 Å². The number of aryl methyl sites for hydroxylation is 3. The zero-order chi connectivity index (χ0) is 14.5. The molecule has 0 aliphatic rings. The molecule has 3 nitrogen and oxygen atoms in total. The van der Waals surface area contributed by atoms with Gasteiger partial charge in [0, 0.05) is 36.9 Å². The molecule has 0 saturated heterocycles. The number of nitrogens with one attached hydrogen (secondary N) is 1. The van der Waals surface area contributed by atoms with Crippen LogP contribution in [0.25, 0.3) is 0 Å². The molecule has 1 heterocycles. The van der Waals surface area contributed by atoms with Crippen LogP contribution in [0.5, 0.6) is 0 Å². The Hall–Kier alpha value is -1.32. The molecule has 0 saturated carbocycles. The summed E-state index contributed by atoms with van der Waals surface area (Å²) in [6, 6.07) is 6.63. The zero-order valence-corrected chi connectivity index (χ0v) is 13.1. The van der Waals surface area contributed by atoms with Crippen molar-refractivity contribution in [2.75, 3.05) is 6.54 Å². The van der Waals surface area contributed by atoms with Gasteiger partial charge < -0.3 is 9.88 Å². The van der Waals surface area contributed by atoms with Crippen molar-refractivity contribution in [3.05, 3.63) is 52.6 Å². The van der Waals surface area contributed by atoms with Gasteiger partial charge in [0.05, 0.1) is 0 Å². The van der Waals surface area contributed by atoms with E-state index in [9.17, 15) is 0 Å². The average molecular weight is 292 g/mol. The van der Waals surface area contributed by atoms with Crippen molar-refractivity contribution in [2.45, 2.75) is 32.7 Å². The van der Waals surface area contributed by atoms with Crippen LogP contribution in [0.1, 0.15) is 36.3 Å². The molecule has 0 fully saturated rings. The van der Waals surface area contributed by atoms with Crippen molar-refractivity contribution in [3.63, 3.8) is 0 Å². The maximum Gasteiger partial charge on any atom is 0.108 e. The number of imidazole rings is 1. The molecular weight excluding hydrogens is 270 g/mol. The minimum Gasteiger partial charge on any atom is -0.338 e. The first-order valence-electron chi connectivity index (χ1n) is 7.07. The minimum absolute atomic E-state index is 0.315. The Morgan fingerprint density at radius 1 is 1.40 bits per heavy atom. The molecule has 108 valence electrons. The summed E-state index contributed by atoms with van der Waals surface area (Å²) in [5, 5.41) is 4.37. The molecule has 1 N–H and O–H groups in total. The summed E-state index contributed by atoms with van der Waals surface area (Å²) in [5.41, 5.74) is 2.37. The first-order chi connectivity index (χ1) is 9.61. The van der Waals surface area contributed by atoms with Crippen molar-refractivity contribution in [2.24, 2.45) is 7.05 Å². The number of rotatable bonds is 6. The average Bonchev–Trinajstić information content (AvgIpc) is 2.83. The van der Waals surface area contributed by atoms with Crippen LogP contribution < -0.4 is 5.32 Å². The molecule has 1 aromatic carbocycles. The third-order valence-corrected chi connectivity index (χ3v) is 4.03. The van der Waals surface area contributed by atoms with Crippen LogP contribution in [-0.2, 0) is 13.5 Å². The Bertz CT molecular complexity index is 563. The molecule has 0 amide bonds. The molecule has 0 bridgehead atoms. The molecular formula is C16H22ClN3. The van der Waals surface area contributed by atoms with Gasteiger partial charge in [0.25, 0.3) is 0 Å². The summed E-state index contributed by atoms with van der Waals surface area (Å²) >= 11 is 6.24. The standard InChI is InChI=1S/C16H22ClN3/c1-4-18-15(7-8-16-19-9-10-20(16)3)13-6-5-12(2)14(17)11-13/h5-6,9-11,15,18H,4,7-8H2,1-3H3. The summed E-state index contributed by atoms with van der Waals surface area (Å²) in [7, 11) is 2.04. The topological polar surface area (TPSA) is 29.9 Å². The van der Waals surface area contributed by atoms with Gasteiger partial charge in [0.2, 0.25) is 0 Å². The number of halogens is 1. The van der Waals surface area contributed by atoms with E-state index in [0.29, 0.717) is 6.04 Å². The largest absolute Gasteiger partial charge is 0.338 e. The van der Waals surface area contributed by atoms with Crippen LogP contribution in [0.15, 0.2) is 30.6 Å². The Morgan fingerprint density at radius 2 is 2.20 bits per heavy atom. The fourth-order valence-corrected chi connectivity index (χ4v) is 2.56. The first kappa shape index (κ1) is 15.1. The van der Waals surface area contributed by atoms with Crippen molar-refractivity contribution < 1.29 is 0 Å². The van der Waals surface area contributed by atoms with E-state index in [1.54, 1.807) is 0 Å². The van der Waals surface area contributed by atoms with Crippen LogP contribution >= 0.6 is 11.6 Å². The van der Waals surface area contributed by atoms with Gasteiger partial charge in [-0.3, -0.25) is 0 Å². The Morgan fingerprint density at radius 3 is 2.80 bits per heavy atom. The highest BCUT2D eigenvalue weighted by Gasteiger charge is 2.12. The number of aromatic nitrogens is 2. The minimum atomic E-state index is 0.315. The number of hydrogen-bond donors (Lipinski definition) is 1. The van der Waals surface area contributed by atoms with Gasteiger partial charge in [-0.15, -0.1) is 0 Å². The van der Waals surface area contributed by atoms with Crippen molar-refractivity contribution in [1.29, 1.82) is 0 Å². The Balaban J connectivity index is 2.10. The quantitative estimate of drug-likeness (QED) is 0.880. The van der Waals surface area contributed by atoms with Crippen LogP contribution in [0, 0.1) is 6.92 Å². The van der Waals surface area contributed by atoms with E-state index in [4.69, 9.17) is 11.6 Å². The predicted molar refractivity (Wildman–Crippen MR) is 84.1 cm³/mol. The molecule has 1 aromatic heterocycles. The normalized spacial score (nSPS) is 12.6. The van der Waals surface area contributed by atoms with Crippen LogP contribution in [0.2, 0.25) is 5.02 Å².